The maximum atomic E-state index is 13.8. The summed E-state index contributed by atoms with van der Waals surface area (Å²) in [4.78, 5) is 4.54. The van der Waals surface area contributed by atoms with E-state index in [2.05, 4.69) is 10.3 Å². The van der Waals surface area contributed by atoms with Gasteiger partial charge in [0.2, 0.25) is 0 Å². The summed E-state index contributed by atoms with van der Waals surface area (Å²) in [6, 6.07) is 12.1. The second-order valence-corrected chi connectivity index (χ2v) is 8.13. The van der Waals surface area contributed by atoms with Crippen molar-refractivity contribution < 1.29 is 35.1 Å². The first-order valence-electron chi connectivity index (χ1n) is 10.5. The molecule has 0 saturated heterocycles. The zero-order chi connectivity index (χ0) is 25.4. The third-order valence-corrected chi connectivity index (χ3v) is 5.68. The molecule has 0 bridgehead atoms. The van der Waals surface area contributed by atoms with Crippen molar-refractivity contribution in [1.29, 1.82) is 0 Å². The first-order valence-corrected chi connectivity index (χ1v) is 10.5. The van der Waals surface area contributed by atoms with Gasteiger partial charge in [0.15, 0.2) is 0 Å². The van der Waals surface area contributed by atoms with E-state index in [0.717, 1.165) is 6.07 Å². The molecular weight excluding hydrogens is 480 g/mol. The Balaban J connectivity index is 1.60. The highest BCUT2D eigenvalue weighted by Crippen LogP contribution is 2.41. The monoisotopic (exact) mass is 498 g/mol. The van der Waals surface area contributed by atoms with Crippen molar-refractivity contribution >= 4 is 5.84 Å². The molecule has 2 nitrogen and oxygen atoms in total. The number of amidine groups is 1. The van der Waals surface area contributed by atoms with Crippen LogP contribution in [-0.4, -0.2) is 5.84 Å². The third-order valence-electron chi connectivity index (χ3n) is 5.68. The van der Waals surface area contributed by atoms with Crippen LogP contribution in [0.3, 0.4) is 0 Å². The lowest BCUT2D eigenvalue weighted by molar-refractivity contribution is -0.162. The molecule has 0 fully saturated rings. The minimum atomic E-state index is -5.17. The molecule has 184 valence electrons. The highest BCUT2D eigenvalue weighted by Gasteiger charge is 2.43. The Labute approximate surface area is 195 Å². The van der Waals surface area contributed by atoms with E-state index >= 15 is 0 Å². The summed E-state index contributed by atoms with van der Waals surface area (Å²) in [7, 11) is 0. The molecule has 4 rings (SSSR count). The molecule has 0 saturated carbocycles. The minimum absolute atomic E-state index is 0.0290. The van der Waals surface area contributed by atoms with Crippen LogP contribution in [0.4, 0.5) is 35.1 Å². The van der Waals surface area contributed by atoms with Gasteiger partial charge in [-0.25, -0.2) is 8.78 Å². The Kier molecular flexibility index (Phi) is 6.57. The van der Waals surface area contributed by atoms with Gasteiger partial charge in [0.25, 0.3) is 0 Å². The lowest BCUT2D eigenvalue weighted by Crippen LogP contribution is -2.25. The summed E-state index contributed by atoms with van der Waals surface area (Å²) < 4.78 is 106. The van der Waals surface area contributed by atoms with Gasteiger partial charge in [-0.15, -0.1) is 0 Å². The van der Waals surface area contributed by atoms with Crippen molar-refractivity contribution in [2.45, 2.75) is 37.3 Å². The number of hydrogen-bond acceptors (Lipinski definition) is 2. The zero-order valence-corrected chi connectivity index (χ0v) is 17.9. The van der Waals surface area contributed by atoms with Crippen LogP contribution in [0.5, 0.6) is 0 Å². The van der Waals surface area contributed by atoms with Gasteiger partial charge in [0.05, 0.1) is 23.0 Å². The number of hydrogen-bond donors (Lipinski definition) is 1. The van der Waals surface area contributed by atoms with Gasteiger partial charge in [0, 0.05) is 6.42 Å². The van der Waals surface area contributed by atoms with Crippen molar-refractivity contribution in [3.05, 3.63) is 106 Å². The number of aryl methyl sites for hydroxylation is 1. The van der Waals surface area contributed by atoms with Crippen LogP contribution in [0.25, 0.3) is 0 Å². The van der Waals surface area contributed by atoms with E-state index in [0.29, 0.717) is 29.1 Å². The lowest BCUT2D eigenvalue weighted by Gasteiger charge is -2.20. The average Bonchev–Trinajstić information content (AvgIpc) is 3.21. The first-order chi connectivity index (χ1) is 16.4. The molecule has 0 amide bonds. The van der Waals surface area contributed by atoms with Gasteiger partial charge in [-0.2, -0.15) is 26.3 Å². The van der Waals surface area contributed by atoms with Gasteiger partial charge in [-0.1, -0.05) is 30.3 Å². The van der Waals surface area contributed by atoms with E-state index in [1.807, 2.05) is 0 Å². The molecule has 1 aliphatic heterocycles. The van der Waals surface area contributed by atoms with E-state index in [1.165, 1.54) is 36.4 Å². The molecule has 3 aromatic carbocycles. The summed E-state index contributed by atoms with van der Waals surface area (Å²) in [5.41, 5.74) is -2.41. The topological polar surface area (TPSA) is 24.4 Å². The molecule has 0 aliphatic carbocycles. The molecule has 0 aromatic heterocycles. The predicted molar refractivity (Wildman–Crippen MR) is 114 cm³/mol. The Morgan fingerprint density at radius 1 is 0.686 bits per heavy atom. The van der Waals surface area contributed by atoms with E-state index < -0.39 is 47.2 Å². The first kappa shape index (κ1) is 24.7. The number of halogens is 8. The molecule has 1 aliphatic rings. The summed E-state index contributed by atoms with van der Waals surface area (Å²) in [6.45, 7) is 0. The normalized spacial score (nSPS) is 18.3. The van der Waals surface area contributed by atoms with E-state index in [1.54, 1.807) is 12.1 Å². The van der Waals surface area contributed by atoms with Crippen LogP contribution in [-0.2, 0) is 18.8 Å². The fraction of sp³-hybridized carbons (Fsp3) is 0.240. The third kappa shape index (κ3) is 5.63. The molecule has 35 heavy (non-hydrogen) atoms. The van der Waals surface area contributed by atoms with Crippen LogP contribution < -0.4 is 5.32 Å². The van der Waals surface area contributed by atoms with Gasteiger partial charge in [-0.05, 0) is 59.5 Å². The summed E-state index contributed by atoms with van der Waals surface area (Å²) in [6.07, 6.45) is -10.3. The van der Waals surface area contributed by atoms with Gasteiger partial charge in [-0.3, -0.25) is 4.99 Å². The summed E-state index contributed by atoms with van der Waals surface area (Å²) >= 11 is 0. The largest absolute Gasteiger partial charge is 0.417 e. The average molecular weight is 498 g/mol. The fourth-order valence-electron chi connectivity index (χ4n) is 4.09. The molecule has 1 N–H and O–H groups in total. The van der Waals surface area contributed by atoms with Gasteiger partial charge in [0.1, 0.15) is 17.7 Å². The number of nitrogens with one attached hydrogen (secondary N) is 1. The Bertz CT molecular complexity index is 1250. The van der Waals surface area contributed by atoms with E-state index in [9.17, 15) is 35.1 Å². The number of nitrogens with zero attached hydrogens (tertiary/aromatic N) is 1. The molecule has 2 atom stereocenters. The number of rotatable bonds is 5. The van der Waals surface area contributed by atoms with Crippen molar-refractivity contribution in [2.75, 3.05) is 0 Å². The van der Waals surface area contributed by atoms with Gasteiger partial charge >= 0.3 is 12.4 Å². The van der Waals surface area contributed by atoms with Crippen molar-refractivity contribution in [3.63, 3.8) is 0 Å². The second-order valence-electron chi connectivity index (χ2n) is 8.13. The van der Waals surface area contributed by atoms with Crippen molar-refractivity contribution in [2.24, 2.45) is 4.99 Å². The summed E-state index contributed by atoms with van der Waals surface area (Å²) in [5.74, 6) is -0.615. The number of benzene rings is 3. The molecule has 0 radical (unpaired) electrons. The zero-order valence-electron chi connectivity index (χ0n) is 17.9. The maximum Gasteiger partial charge on any atom is 0.417 e. The molecule has 1 heterocycles. The Hall–Kier alpha value is -3.43. The fourth-order valence-corrected chi connectivity index (χ4v) is 4.09. The predicted octanol–water partition coefficient (Wildman–Crippen LogP) is 7.42. The standard InChI is InChI=1S/C25H18F8N2/c26-17-5-1-3-15(12-17)22-23(16-4-2-6-18(27)13-16)35-21(34-22)10-8-14-7-9-19(24(28,29)30)20(11-14)25(31,32)33/h1-7,9,11-13,22-23H,8,10H2,(H,34,35). The SMILES string of the molecule is Fc1cccc(C2N=C(CCc3ccc(C(F)(F)F)c(C(F)(F)F)c3)NC2c2cccc(F)c2)c1. The Morgan fingerprint density at radius 2 is 1.29 bits per heavy atom. The minimum Gasteiger partial charge on any atom is -0.364 e. The molecule has 10 heteroatoms. The number of aliphatic imine (C=N–C) groups is 1. The van der Waals surface area contributed by atoms with Crippen LogP contribution in [0, 0.1) is 11.6 Å². The van der Waals surface area contributed by atoms with Crippen LogP contribution in [0.15, 0.2) is 71.7 Å². The smallest absolute Gasteiger partial charge is 0.364 e. The van der Waals surface area contributed by atoms with Crippen LogP contribution in [0.1, 0.15) is 46.3 Å². The van der Waals surface area contributed by atoms with Crippen molar-refractivity contribution in [1.82, 2.24) is 5.32 Å². The number of alkyl halides is 6. The van der Waals surface area contributed by atoms with E-state index in [4.69, 9.17) is 0 Å². The summed E-state index contributed by atoms with van der Waals surface area (Å²) in [5, 5.41) is 3.11. The highest BCUT2D eigenvalue weighted by molar-refractivity contribution is 5.85. The highest BCUT2D eigenvalue weighted by atomic mass is 19.4. The van der Waals surface area contributed by atoms with Gasteiger partial charge < -0.3 is 5.32 Å². The van der Waals surface area contributed by atoms with Crippen LogP contribution >= 0.6 is 0 Å². The maximum absolute atomic E-state index is 13.8. The molecule has 3 aromatic rings. The Morgan fingerprint density at radius 3 is 1.89 bits per heavy atom. The molecule has 0 spiro atoms. The molecular formula is C25H18F8N2. The van der Waals surface area contributed by atoms with Crippen LogP contribution in [0.2, 0.25) is 0 Å². The van der Waals surface area contributed by atoms with E-state index in [-0.39, 0.29) is 18.4 Å². The quantitative estimate of drug-likeness (QED) is 0.364. The van der Waals surface area contributed by atoms with Crippen molar-refractivity contribution in [3.8, 4) is 0 Å². The molecule has 2 unspecified atom stereocenters. The lowest BCUT2D eigenvalue weighted by atomic mass is 9.95. The second kappa shape index (κ2) is 9.31.